The van der Waals surface area contributed by atoms with Crippen LogP contribution >= 0.6 is 0 Å². The van der Waals surface area contributed by atoms with Crippen LogP contribution in [-0.4, -0.2) is 33.5 Å². The van der Waals surface area contributed by atoms with Crippen LogP contribution in [0.2, 0.25) is 0 Å². The van der Waals surface area contributed by atoms with E-state index in [0.717, 1.165) is 6.07 Å². The molecular formula is C18H15O8-. The number of carbonyl (C=O) groups excluding carboxylic acids is 2. The van der Waals surface area contributed by atoms with Gasteiger partial charge in [-0.2, -0.15) is 0 Å². The summed E-state index contributed by atoms with van der Waals surface area (Å²) in [6, 6.07) is 2.34. The number of aldehydes is 1. The highest BCUT2D eigenvalue weighted by Gasteiger charge is 2.24. The Morgan fingerprint density at radius 2 is 1.65 bits per heavy atom. The van der Waals surface area contributed by atoms with Gasteiger partial charge in [0.15, 0.2) is 6.29 Å². The summed E-state index contributed by atoms with van der Waals surface area (Å²) in [5.41, 5.74) is -1.08. The second-order valence-electron chi connectivity index (χ2n) is 5.68. The van der Waals surface area contributed by atoms with Crippen molar-refractivity contribution in [3.63, 3.8) is 0 Å². The first kappa shape index (κ1) is 18.8. The van der Waals surface area contributed by atoms with Gasteiger partial charge in [-0.15, -0.1) is 0 Å². The number of aromatic hydroxyl groups is 2. The Kier molecular flexibility index (Phi) is 4.88. The van der Waals surface area contributed by atoms with E-state index in [9.17, 15) is 29.7 Å². The summed E-state index contributed by atoms with van der Waals surface area (Å²) in [7, 11) is 0. The van der Waals surface area contributed by atoms with Crippen LogP contribution in [0.3, 0.4) is 0 Å². The first-order chi connectivity index (χ1) is 12.1. The van der Waals surface area contributed by atoms with Gasteiger partial charge in [0.05, 0.1) is 11.1 Å². The second kappa shape index (κ2) is 6.75. The summed E-state index contributed by atoms with van der Waals surface area (Å²) < 4.78 is 5.14. The number of hydrogen-bond acceptors (Lipinski definition) is 7. The summed E-state index contributed by atoms with van der Waals surface area (Å²) in [6.45, 7) is 4.10. The fourth-order valence-electron chi connectivity index (χ4n) is 2.55. The zero-order chi connectivity index (χ0) is 19.8. The molecule has 0 spiro atoms. The fourth-order valence-corrected chi connectivity index (χ4v) is 2.55. The summed E-state index contributed by atoms with van der Waals surface area (Å²) in [5, 5.41) is 40.9. The van der Waals surface area contributed by atoms with Crippen LogP contribution in [0.15, 0.2) is 12.1 Å². The number of aromatic carboxylic acids is 1. The highest BCUT2D eigenvalue weighted by molar-refractivity contribution is 6.00. The van der Waals surface area contributed by atoms with E-state index in [4.69, 9.17) is 9.84 Å². The molecule has 0 amide bonds. The Labute approximate surface area is 147 Å². The molecule has 2 rings (SSSR count). The van der Waals surface area contributed by atoms with E-state index in [0.29, 0.717) is 0 Å². The van der Waals surface area contributed by atoms with Crippen LogP contribution in [0.4, 0.5) is 0 Å². The zero-order valence-electron chi connectivity index (χ0n) is 14.1. The Bertz CT molecular complexity index is 943. The molecule has 0 aromatic heterocycles. The molecule has 3 N–H and O–H groups in total. The second-order valence-corrected chi connectivity index (χ2v) is 5.68. The van der Waals surface area contributed by atoms with Gasteiger partial charge in [-0.05, 0) is 49.6 Å². The van der Waals surface area contributed by atoms with E-state index in [2.05, 4.69) is 0 Å². The maximum absolute atomic E-state index is 12.4. The van der Waals surface area contributed by atoms with Crippen molar-refractivity contribution < 1.29 is 39.5 Å². The van der Waals surface area contributed by atoms with Gasteiger partial charge in [-0.1, -0.05) is 5.75 Å². The Hall–Kier alpha value is -3.55. The molecule has 0 unspecified atom stereocenters. The van der Waals surface area contributed by atoms with Gasteiger partial charge in [0.1, 0.15) is 22.8 Å². The first-order valence-corrected chi connectivity index (χ1v) is 7.37. The number of carboxylic acids is 1. The molecule has 136 valence electrons. The highest BCUT2D eigenvalue weighted by Crippen LogP contribution is 2.35. The summed E-state index contributed by atoms with van der Waals surface area (Å²) in [6.07, 6.45) is 0.188. The molecule has 0 fully saturated rings. The van der Waals surface area contributed by atoms with E-state index in [-0.39, 0.29) is 34.3 Å². The molecule has 0 heterocycles. The van der Waals surface area contributed by atoms with E-state index < -0.39 is 40.3 Å². The van der Waals surface area contributed by atoms with Crippen LogP contribution in [0, 0.1) is 20.8 Å². The van der Waals surface area contributed by atoms with Crippen LogP contribution in [-0.2, 0) is 0 Å². The fraction of sp³-hybridized carbons (Fsp3) is 0.167. The SMILES string of the molecule is Cc1cc(OC(=O)c2c(C)cc(O)c(C=O)c2O)c(C)c([O-])c1C(=O)O. The van der Waals surface area contributed by atoms with Crippen molar-refractivity contribution in [1.29, 1.82) is 0 Å². The van der Waals surface area contributed by atoms with Gasteiger partial charge in [0, 0.05) is 0 Å². The molecule has 0 aliphatic heterocycles. The van der Waals surface area contributed by atoms with Crippen LogP contribution < -0.4 is 9.84 Å². The lowest BCUT2D eigenvalue weighted by Crippen LogP contribution is -2.15. The number of esters is 1. The maximum Gasteiger partial charge on any atom is 0.347 e. The minimum Gasteiger partial charge on any atom is -0.872 e. The first-order valence-electron chi connectivity index (χ1n) is 7.37. The summed E-state index contributed by atoms with van der Waals surface area (Å²) in [4.78, 5) is 34.5. The number of benzene rings is 2. The number of carboxylic acid groups (broad SMARTS) is 1. The predicted octanol–water partition coefficient (Wildman–Crippen LogP) is 1.83. The van der Waals surface area contributed by atoms with Crippen molar-refractivity contribution in [2.45, 2.75) is 20.8 Å². The van der Waals surface area contributed by atoms with Gasteiger partial charge < -0.3 is 25.2 Å². The number of carbonyl (C=O) groups is 3. The van der Waals surface area contributed by atoms with Gasteiger partial charge >= 0.3 is 11.9 Å². The minimum absolute atomic E-state index is 0.0899. The molecule has 0 aliphatic carbocycles. The van der Waals surface area contributed by atoms with E-state index in [1.54, 1.807) is 0 Å². The number of phenolic OH excluding ortho intramolecular Hbond substituents is 2. The van der Waals surface area contributed by atoms with E-state index in [1.165, 1.54) is 26.8 Å². The van der Waals surface area contributed by atoms with Crippen molar-refractivity contribution in [3.05, 3.63) is 45.5 Å². The van der Waals surface area contributed by atoms with E-state index in [1.807, 2.05) is 0 Å². The van der Waals surface area contributed by atoms with Crippen LogP contribution in [0.25, 0.3) is 0 Å². The average molecular weight is 359 g/mol. The molecule has 2 aromatic rings. The van der Waals surface area contributed by atoms with Gasteiger partial charge in [0.2, 0.25) is 0 Å². The predicted molar refractivity (Wildman–Crippen MR) is 87.2 cm³/mol. The van der Waals surface area contributed by atoms with Gasteiger partial charge in [0.25, 0.3) is 0 Å². The molecule has 0 bridgehead atoms. The lowest BCUT2D eigenvalue weighted by molar-refractivity contribution is -0.269. The highest BCUT2D eigenvalue weighted by atomic mass is 16.5. The third-order valence-electron chi connectivity index (χ3n) is 3.93. The Morgan fingerprint density at radius 1 is 1.08 bits per heavy atom. The molecule has 0 saturated carbocycles. The lowest BCUT2D eigenvalue weighted by Gasteiger charge is -2.20. The largest absolute Gasteiger partial charge is 0.872 e. The van der Waals surface area contributed by atoms with Gasteiger partial charge in [-0.25, -0.2) is 9.59 Å². The number of aryl methyl sites for hydroxylation is 2. The smallest absolute Gasteiger partial charge is 0.347 e. The minimum atomic E-state index is -1.39. The number of rotatable bonds is 4. The van der Waals surface area contributed by atoms with Crippen molar-refractivity contribution in [3.8, 4) is 23.0 Å². The van der Waals surface area contributed by atoms with Crippen molar-refractivity contribution >= 4 is 18.2 Å². The monoisotopic (exact) mass is 359 g/mol. The number of hydrogen-bond donors (Lipinski definition) is 3. The summed E-state index contributed by atoms with van der Waals surface area (Å²) in [5.74, 6) is -4.65. The molecule has 8 nitrogen and oxygen atoms in total. The molecule has 0 aliphatic rings. The van der Waals surface area contributed by atoms with Crippen molar-refractivity contribution in [1.82, 2.24) is 0 Å². The number of ether oxygens (including phenoxy) is 1. The molecule has 8 heteroatoms. The number of phenols is 2. The standard InChI is InChI=1S/C18H16O8/c1-7-4-11(20)10(6-19)16(22)14(7)18(25)26-12-5-8(2)13(17(23)24)15(21)9(12)3/h4-6,20-22H,1-3H3,(H,23,24)/p-1. The van der Waals surface area contributed by atoms with Crippen LogP contribution in [0.5, 0.6) is 23.0 Å². The summed E-state index contributed by atoms with van der Waals surface area (Å²) >= 11 is 0. The van der Waals surface area contributed by atoms with Crippen LogP contribution in [0.1, 0.15) is 47.8 Å². The third kappa shape index (κ3) is 3.04. The lowest BCUT2D eigenvalue weighted by atomic mass is 10.0. The van der Waals surface area contributed by atoms with Crippen molar-refractivity contribution in [2.75, 3.05) is 0 Å². The molecule has 0 atom stereocenters. The Morgan fingerprint density at radius 3 is 2.19 bits per heavy atom. The quantitative estimate of drug-likeness (QED) is 0.426. The maximum atomic E-state index is 12.4. The average Bonchev–Trinajstić information content (AvgIpc) is 2.51. The molecule has 2 aromatic carbocycles. The zero-order valence-corrected chi connectivity index (χ0v) is 14.1. The Balaban J connectivity index is 2.53. The third-order valence-corrected chi connectivity index (χ3v) is 3.93. The molecule has 0 saturated heterocycles. The molecular weight excluding hydrogens is 344 g/mol. The molecule has 0 radical (unpaired) electrons. The van der Waals surface area contributed by atoms with Gasteiger partial charge in [-0.3, -0.25) is 4.79 Å². The molecule has 26 heavy (non-hydrogen) atoms. The van der Waals surface area contributed by atoms with Crippen molar-refractivity contribution in [2.24, 2.45) is 0 Å². The topological polar surface area (TPSA) is 144 Å². The van der Waals surface area contributed by atoms with E-state index >= 15 is 0 Å². The normalized spacial score (nSPS) is 10.4.